The van der Waals surface area contributed by atoms with E-state index in [2.05, 4.69) is 22.8 Å². The first kappa shape index (κ1) is 16.2. The summed E-state index contributed by atoms with van der Waals surface area (Å²) >= 11 is 7.79. The number of rotatable bonds is 5. The lowest BCUT2D eigenvalue weighted by atomic mass is 9.84. The van der Waals surface area contributed by atoms with Crippen molar-refractivity contribution in [3.8, 4) is 0 Å². The number of benzene rings is 1. The van der Waals surface area contributed by atoms with E-state index in [0.717, 1.165) is 23.2 Å². The Bertz CT molecular complexity index is 496. The maximum atomic E-state index is 12.2. The molecule has 3 nitrogen and oxygen atoms in total. The predicted octanol–water partition coefficient (Wildman–Crippen LogP) is 3.39. The third-order valence-corrected chi connectivity index (χ3v) is 5.99. The van der Waals surface area contributed by atoms with E-state index in [1.807, 2.05) is 12.1 Å². The summed E-state index contributed by atoms with van der Waals surface area (Å²) in [5.41, 5.74) is 1.30. The molecule has 2 aliphatic rings. The van der Waals surface area contributed by atoms with Crippen LogP contribution in [0.2, 0.25) is 5.02 Å². The molecule has 5 heteroatoms. The van der Waals surface area contributed by atoms with Gasteiger partial charge in [-0.05, 0) is 36.5 Å². The van der Waals surface area contributed by atoms with E-state index in [0.29, 0.717) is 11.8 Å². The molecule has 1 amide bonds. The first-order valence-electron chi connectivity index (χ1n) is 8.08. The maximum Gasteiger partial charge on any atom is 0.238 e. The highest BCUT2D eigenvalue weighted by Gasteiger charge is 2.28. The summed E-state index contributed by atoms with van der Waals surface area (Å²) in [7, 11) is 0. The minimum atomic E-state index is -0.0283. The lowest BCUT2D eigenvalue weighted by molar-refractivity contribution is -0.122. The number of hydrogen-bond acceptors (Lipinski definition) is 3. The first-order valence-corrected chi connectivity index (χ1v) is 9.61. The van der Waals surface area contributed by atoms with Crippen molar-refractivity contribution in [2.75, 3.05) is 18.2 Å². The topological polar surface area (TPSA) is 41.1 Å². The van der Waals surface area contributed by atoms with E-state index < -0.39 is 0 Å². The molecule has 1 saturated carbocycles. The minimum absolute atomic E-state index is 0.0283. The molecule has 2 N–H and O–H groups in total. The third kappa shape index (κ3) is 3.98. The summed E-state index contributed by atoms with van der Waals surface area (Å²) in [6.45, 7) is 0.730. The van der Waals surface area contributed by atoms with Gasteiger partial charge in [0.1, 0.15) is 0 Å². The van der Waals surface area contributed by atoms with E-state index in [1.165, 1.54) is 31.2 Å². The van der Waals surface area contributed by atoms with Crippen LogP contribution < -0.4 is 10.6 Å². The largest absolute Gasteiger partial charge is 0.354 e. The van der Waals surface area contributed by atoms with Crippen LogP contribution in [0.4, 0.5) is 0 Å². The summed E-state index contributed by atoms with van der Waals surface area (Å²) in [5.74, 6) is 2.97. The fourth-order valence-corrected chi connectivity index (χ4v) is 4.59. The van der Waals surface area contributed by atoms with Crippen molar-refractivity contribution >= 4 is 29.3 Å². The average molecular weight is 339 g/mol. The Morgan fingerprint density at radius 3 is 2.68 bits per heavy atom. The van der Waals surface area contributed by atoms with Gasteiger partial charge in [0.05, 0.1) is 6.04 Å². The van der Waals surface area contributed by atoms with E-state index in [1.54, 1.807) is 11.8 Å². The average Bonchev–Trinajstić information content (AvgIpc) is 3.22. The van der Waals surface area contributed by atoms with Gasteiger partial charge in [0.2, 0.25) is 5.91 Å². The zero-order valence-corrected chi connectivity index (χ0v) is 14.3. The van der Waals surface area contributed by atoms with Gasteiger partial charge in [0, 0.05) is 29.1 Å². The molecule has 3 rings (SSSR count). The SMILES string of the molecule is O=C(NCC(c1ccc(Cl)cc1)C1CCCC1)C1CSCN1. The molecule has 0 spiro atoms. The molecule has 120 valence electrons. The van der Waals surface area contributed by atoms with Crippen LogP contribution >= 0.6 is 23.4 Å². The third-order valence-electron chi connectivity index (χ3n) is 4.80. The van der Waals surface area contributed by atoms with Crippen molar-refractivity contribution in [3.05, 3.63) is 34.9 Å². The van der Waals surface area contributed by atoms with Crippen LogP contribution in [0.3, 0.4) is 0 Å². The highest BCUT2D eigenvalue weighted by Crippen LogP contribution is 2.37. The summed E-state index contributed by atoms with van der Waals surface area (Å²) in [4.78, 5) is 12.2. The van der Waals surface area contributed by atoms with E-state index in [4.69, 9.17) is 11.6 Å². The second-order valence-corrected chi connectivity index (χ2v) is 7.69. The maximum absolute atomic E-state index is 12.2. The molecule has 2 unspecified atom stereocenters. The zero-order chi connectivity index (χ0) is 15.4. The molecule has 0 bridgehead atoms. The second-order valence-electron chi connectivity index (χ2n) is 6.22. The van der Waals surface area contributed by atoms with Gasteiger partial charge in [0.15, 0.2) is 0 Å². The molecule has 2 fully saturated rings. The second kappa shape index (κ2) is 7.71. The van der Waals surface area contributed by atoms with E-state index >= 15 is 0 Å². The normalized spacial score (nSPS) is 23.6. The van der Waals surface area contributed by atoms with Crippen LogP contribution in [0.5, 0.6) is 0 Å². The first-order chi connectivity index (χ1) is 10.7. The van der Waals surface area contributed by atoms with Crippen LogP contribution in [0.15, 0.2) is 24.3 Å². The van der Waals surface area contributed by atoms with Crippen LogP contribution in [0, 0.1) is 5.92 Å². The Hall–Kier alpha value is -0.710. The van der Waals surface area contributed by atoms with Gasteiger partial charge in [0.25, 0.3) is 0 Å². The van der Waals surface area contributed by atoms with Gasteiger partial charge < -0.3 is 5.32 Å². The Labute approximate surface area is 141 Å². The fourth-order valence-electron chi connectivity index (χ4n) is 3.52. The zero-order valence-electron chi connectivity index (χ0n) is 12.7. The quantitative estimate of drug-likeness (QED) is 0.864. The van der Waals surface area contributed by atoms with Gasteiger partial charge in [-0.1, -0.05) is 36.6 Å². The highest BCUT2D eigenvalue weighted by atomic mass is 35.5. The molecule has 22 heavy (non-hydrogen) atoms. The van der Waals surface area contributed by atoms with Gasteiger partial charge in [-0.2, -0.15) is 0 Å². The van der Waals surface area contributed by atoms with Crippen LogP contribution in [-0.4, -0.2) is 30.1 Å². The number of hydrogen-bond donors (Lipinski definition) is 2. The molecule has 1 heterocycles. The molecular formula is C17H23ClN2OS. The molecule has 0 aromatic heterocycles. The predicted molar refractivity (Wildman–Crippen MR) is 93.4 cm³/mol. The minimum Gasteiger partial charge on any atom is -0.354 e. The van der Waals surface area contributed by atoms with Gasteiger partial charge in [-0.25, -0.2) is 0 Å². The number of halogens is 1. The van der Waals surface area contributed by atoms with E-state index in [9.17, 15) is 4.79 Å². The molecule has 1 aromatic carbocycles. The van der Waals surface area contributed by atoms with Crippen molar-refractivity contribution in [3.63, 3.8) is 0 Å². The van der Waals surface area contributed by atoms with Crippen LogP contribution in [0.1, 0.15) is 37.2 Å². The molecular weight excluding hydrogens is 316 g/mol. The van der Waals surface area contributed by atoms with Gasteiger partial charge in [-0.3, -0.25) is 10.1 Å². The van der Waals surface area contributed by atoms with Crippen molar-refractivity contribution in [2.45, 2.75) is 37.6 Å². The lowest BCUT2D eigenvalue weighted by Gasteiger charge is -2.25. The Balaban J connectivity index is 1.65. The Morgan fingerprint density at radius 2 is 2.05 bits per heavy atom. The van der Waals surface area contributed by atoms with Crippen molar-refractivity contribution in [2.24, 2.45) is 5.92 Å². The van der Waals surface area contributed by atoms with Crippen LogP contribution in [0.25, 0.3) is 0 Å². The van der Waals surface area contributed by atoms with Crippen molar-refractivity contribution < 1.29 is 4.79 Å². The molecule has 1 aromatic rings. The van der Waals surface area contributed by atoms with Gasteiger partial charge >= 0.3 is 0 Å². The number of thioether (sulfide) groups is 1. The molecule has 2 atom stereocenters. The van der Waals surface area contributed by atoms with Crippen LogP contribution in [-0.2, 0) is 4.79 Å². The smallest absolute Gasteiger partial charge is 0.238 e. The number of amides is 1. The summed E-state index contributed by atoms with van der Waals surface area (Å²) < 4.78 is 0. The lowest BCUT2D eigenvalue weighted by Crippen LogP contribution is -2.43. The number of carbonyl (C=O) groups is 1. The summed E-state index contributed by atoms with van der Waals surface area (Å²) in [6.07, 6.45) is 5.15. The Morgan fingerprint density at radius 1 is 1.32 bits per heavy atom. The van der Waals surface area contributed by atoms with Crippen molar-refractivity contribution in [1.29, 1.82) is 0 Å². The van der Waals surface area contributed by atoms with E-state index in [-0.39, 0.29) is 11.9 Å². The summed E-state index contributed by atoms with van der Waals surface area (Å²) in [6, 6.07) is 8.10. The highest BCUT2D eigenvalue weighted by molar-refractivity contribution is 7.99. The Kier molecular flexibility index (Phi) is 5.66. The van der Waals surface area contributed by atoms with Gasteiger partial charge in [-0.15, -0.1) is 11.8 Å². The number of carbonyl (C=O) groups excluding carboxylic acids is 1. The molecule has 1 aliphatic heterocycles. The molecule has 1 aliphatic carbocycles. The molecule has 0 radical (unpaired) electrons. The fraction of sp³-hybridized carbons (Fsp3) is 0.588. The van der Waals surface area contributed by atoms with Crippen molar-refractivity contribution in [1.82, 2.24) is 10.6 Å². The summed E-state index contributed by atoms with van der Waals surface area (Å²) in [5, 5.41) is 7.17. The standard InChI is InChI=1S/C17H23ClN2OS/c18-14-7-5-13(6-8-14)15(12-3-1-2-4-12)9-19-17(21)16-10-22-11-20-16/h5-8,12,15-16,20H,1-4,9-11H2,(H,19,21). The molecule has 1 saturated heterocycles. The monoisotopic (exact) mass is 338 g/mol. The number of nitrogens with one attached hydrogen (secondary N) is 2.